The molecule has 4 heteroatoms. The van der Waals surface area contributed by atoms with Crippen molar-refractivity contribution in [3.05, 3.63) is 33.8 Å². The van der Waals surface area contributed by atoms with Gasteiger partial charge in [0.15, 0.2) is 0 Å². The molecule has 1 fully saturated rings. The van der Waals surface area contributed by atoms with Crippen molar-refractivity contribution >= 4 is 15.9 Å². The Morgan fingerprint density at radius 2 is 2.35 bits per heavy atom. The van der Waals surface area contributed by atoms with Crippen molar-refractivity contribution in [2.24, 2.45) is 11.8 Å². The minimum absolute atomic E-state index is 0.174. The number of hydrogen-bond donors (Lipinski definition) is 2. The van der Waals surface area contributed by atoms with E-state index in [4.69, 9.17) is 10.6 Å². The van der Waals surface area contributed by atoms with Gasteiger partial charge in [0.2, 0.25) is 0 Å². The van der Waals surface area contributed by atoms with Crippen molar-refractivity contribution in [2.45, 2.75) is 25.8 Å². The molecule has 0 bridgehead atoms. The van der Waals surface area contributed by atoms with Crippen LogP contribution >= 0.6 is 15.9 Å². The van der Waals surface area contributed by atoms with Gasteiger partial charge in [-0.25, -0.2) is 0 Å². The fraction of sp³-hybridized carbons (Fsp3) is 0.538. The molecule has 17 heavy (non-hydrogen) atoms. The summed E-state index contributed by atoms with van der Waals surface area (Å²) in [5, 5.41) is 0. The largest absolute Gasteiger partial charge is 0.381 e. The maximum Gasteiger partial charge on any atom is 0.0513 e. The minimum atomic E-state index is 0.174. The molecule has 94 valence electrons. The summed E-state index contributed by atoms with van der Waals surface area (Å²) < 4.78 is 6.64. The van der Waals surface area contributed by atoms with E-state index in [1.54, 1.807) is 0 Å². The van der Waals surface area contributed by atoms with Gasteiger partial charge in [-0.2, -0.15) is 0 Å². The van der Waals surface area contributed by atoms with Crippen molar-refractivity contribution < 1.29 is 4.74 Å². The topological polar surface area (TPSA) is 47.3 Å². The summed E-state index contributed by atoms with van der Waals surface area (Å²) in [6.45, 7) is 3.79. The van der Waals surface area contributed by atoms with Crippen LogP contribution in [0.5, 0.6) is 0 Å². The molecular weight excluding hydrogens is 280 g/mol. The zero-order valence-corrected chi connectivity index (χ0v) is 11.7. The van der Waals surface area contributed by atoms with Crippen LogP contribution in [0.15, 0.2) is 22.7 Å². The molecule has 1 aliphatic rings. The lowest BCUT2D eigenvalue weighted by molar-refractivity contribution is 0.0389. The Morgan fingerprint density at radius 3 is 3.00 bits per heavy atom. The van der Waals surface area contributed by atoms with Gasteiger partial charge in [0.05, 0.1) is 12.6 Å². The second kappa shape index (κ2) is 5.96. The van der Waals surface area contributed by atoms with Gasteiger partial charge in [-0.15, -0.1) is 0 Å². The summed E-state index contributed by atoms with van der Waals surface area (Å²) >= 11 is 3.52. The Morgan fingerprint density at radius 1 is 1.53 bits per heavy atom. The fourth-order valence-corrected chi connectivity index (χ4v) is 2.83. The summed E-state index contributed by atoms with van der Waals surface area (Å²) in [4.78, 5) is 0. The molecule has 3 nitrogen and oxygen atoms in total. The molecule has 1 aromatic rings. The molecule has 1 aromatic carbocycles. The lowest BCUT2D eigenvalue weighted by Crippen LogP contribution is -2.37. The lowest BCUT2D eigenvalue weighted by Gasteiger charge is -2.31. The molecular formula is C13H19BrN2O. The van der Waals surface area contributed by atoms with E-state index in [-0.39, 0.29) is 6.04 Å². The van der Waals surface area contributed by atoms with E-state index < -0.39 is 0 Å². The number of hydrogen-bond acceptors (Lipinski definition) is 3. The fourth-order valence-electron chi connectivity index (χ4n) is 2.45. The van der Waals surface area contributed by atoms with Crippen LogP contribution in [0.4, 0.5) is 0 Å². The smallest absolute Gasteiger partial charge is 0.0513 e. The first-order valence-electron chi connectivity index (χ1n) is 6.02. The quantitative estimate of drug-likeness (QED) is 0.666. The molecule has 0 spiro atoms. The molecule has 0 aromatic heterocycles. The zero-order chi connectivity index (χ0) is 12.3. The van der Waals surface area contributed by atoms with E-state index in [0.29, 0.717) is 5.92 Å². The van der Waals surface area contributed by atoms with Crippen molar-refractivity contribution in [3.63, 3.8) is 0 Å². The van der Waals surface area contributed by atoms with Crippen LogP contribution in [0, 0.1) is 12.8 Å². The SMILES string of the molecule is Cc1ccc(Br)cc1C(NN)C1CCCOC1. The van der Waals surface area contributed by atoms with E-state index in [9.17, 15) is 0 Å². The highest BCUT2D eigenvalue weighted by molar-refractivity contribution is 9.10. The zero-order valence-electron chi connectivity index (χ0n) is 10.1. The molecule has 1 heterocycles. The molecule has 2 unspecified atom stereocenters. The highest BCUT2D eigenvalue weighted by atomic mass is 79.9. The average Bonchev–Trinajstić information content (AvgIpc) is 2.36. The number of nitrogens with one attached hydrogen (secondary N) is 1. The van der Waals surface area contributed by atoms with Crippen molar-refractivity contribution in [1.82, 2.24) is 5.43 Å². The van der Waals surface area contributed by atoms with Crippen LogP contribution in [0.25, 0.3) is 0 Å². The Labute approximate surface area is 111 Å². The van der Waals surface area contributed by atoms with Gasteiger partial charge in [-0.05, 0) is 43.0 Å². The number of halogens is 1. The summed E-state index contributed by atoms with van der Waals surface area (Å²) in [5.41, 5.74) is 5.48. The van der Waals surface area contributed by atoms with Gasteiger partial charge in [0.25, 0.3) is 0 Å². The van der Waals surface area contributed by atoms with Crippen molar-refractivity contribution in [2.75, 3.05) is 13.2 Å². The summed E-state index contributed by atoms with van der Waals surface area (Å²) in [5.74, 6) is 6.19. The Balaban J connectivity index is 2.24. The van der Waals surface area contributed by atoms with E-state index in [2.05, 4.69) is 46.5 Å². The molecule has 0 aliphatic carbocycles. The van der Waals surface area contributed by atoms with Gasteiger partial charge in [-0.1, -0.05) is 22.0 Å². The third-order valence-corrected chi connectivity index (χ3v) is 3.92. The maximum atomic E-state index is 5.73. The molecule has 1 aliphatic heterocycles. The molecule has 0 radical (unpaired) electrons. The molecule has 2 rings (SSSR count). The van der Waals surface area contributed by atoms with Crippen LogP contribution < -0.4 is 11.3 Å². The number of rotatable bonds is 3. The molecule has 2 atom stereocenters. The van der Waals surface area contributed by atoms with Crippen LogP contribution in [0.3, 0.4) is 0 Å². The Hall–Kier alpha value is -0.420. The standard InChI is InChI=1S/C13H19BrN2O/c1-9-4-5-11(14)7-12(9)13(16-15)10-3-2-6-17-8-10/h4-5,7,10,13,16H,2-3,6,8,15H2,1H3. The predicted octanol–water partition coefficient (Wildman–Crippen LogP) is 2.69. The van der Waals surface area contributed by atoms with Crippen LogP contribution in [-0.4, -0.2) is 13.2 Å². The normalized spacial score (nSPS) is 22.4. The summed E-state index contributed by atoms with van der Waals surface area (Å²) in [6, 6.07) is 6.50. The van der Waals surface area contributed by atoms with E-state index in [0.717, 1.165) is 24.1 Å². The highest BCUT2D eigenvalue weighted by Crippen LogP contribution is 2.31. The lowest BCUT2D eigenvalue weighted by atomic mass is 9.87. The Kier molecular flexibility index (Phi) is 4.56. The summed E-state index contributed by atoms with van der Waals surface area (Å²) in [6.07, 6.45) is 2.29. The number of aryl methyl sites for hydroxylation is 1. The first-order valence-corrected chi connectivity index (χ1v) is 6.81. The van der Waals surface area contributed by atoms with Crippen molar-refractivity contribution in [3.8, 4) is 0 Å². The third-order valence-electron chi connectivity index (χ3n) is 3.42. The van der Waals surface area contributed by atoms with E-state index >= 15 is 0 Å². The van der Waals surface area contributed by atoms with Crippen LogP contribution in [-0.2, 0) is 4.74 Å². The number of benzene rings is 1. The van der Waals surface area contributed by atoms with Gasteiger partial charge in [0, 0.05) is 17.0 Å². The van der Waals surface area contributed by atoms with Gasteiger partial charge in [-0.3, -0.25) is 11.3 Å². The molecule has 0 saturated carbocycles. The van der Waals surface area contributed by atoms with Gasteiger partial charge >= 0.3 is 0 Å². The molecule has 0 amide bonds. The van der Waals surface area contributed by atoms with Gasteiger partial charge in [0.1, 0.15) is 0 Å². The Bertz CT molecular complexity index is 378. The van der Waals surface area contributed by atoms with Crippen molar-refractivity contribution in [1.29, 1.82) is 0 Å². The predicted molar refractivity (Wildman–Crippen MR) is 72.5 cm³/mol. The van der Waals surface area contributed by atoms with Crippen LogP contribution in [0.2, 0.25) is 0 Å². The number of ether oxygens (including phenoxy) is 1. The summed E-state index contributed by atoms with van der Waals surface area (Å²) in [7, 11) is 0. The minimum Gasteiger partial charge on any atom is -0.381 e. The average molecular weight is 299 g/mol. The van der Waals surface area contributed by atoms with Gasteiger partial charge < -0.3 is 4.74 Å². The number of nitrogens with two attached hydrogens (primary N) is 1. The molecule has 3 N–H and O–H groups in total. The van der Waals surface area contributed by atoms with Crippen LogP contribution in [0.1, 0.15) is 30.0 Å². The van der Waals surface area contributed by atoms with E-state index in [1.165, 1.54) is 17.5 Å². The second-order valence-corrected chi connectivity index (χ2v) is 5.54. The molecule has 1 saturated heterocycles. The first kappa shape index (κ1) is 13.0. The second-order valence-electron chi connectivity index (χ2n) is 4.62. The monoisotopic (exact) mass is 298 g/mol. The first-order chi connectivity index (χ1) is 8.22. The highest BCUT2D eigenvalue weighted by Gasteiger charge is 2.25. The third kappa shape index (κ3) is 3.07. The number of hydrazine groups is 1. The van der Waals surface area contributed by atoms with E-state index in [1.807, 2.05) is 0 Å². The maximum absolute atomic E-state index is 5.73.